The molecule has 0 radical (unpaired) electrons. The number of imidazole rings is 1. The number of fused-ring (bicyclic) bond motifs is 1. The van der Waals surface area contributed by atoms with E-state index in [0.29, 0.717) is 76.2 Å². The fraction of sp³-hybridized carbons (Fsp3) is 0.360. The van der Waals surface area contributed by atoms with Gasteiger partial charge in [-0.05, 0) is 50.3 Å². The topological polar surface area (TPSA) is 144 Å². The summed E-state index contributed by atoms with van der Waals surface area (Å²) in [7, 11) is -0.750. The van der Waals surface area contributed by atoms with Crippen molar-refractivity contribution >= 4 is 21.3 Å². The number of methoxy groups -OCH3 is 2. The van der Waals surface area contributed by atoms with E-state index in [9.17, 15) is 8.42 Å². The SMILES string of the molecule is CCOc1cccc(-c2nc3nc(CC4CC4)c(CS(N)(=O)=O)nc3n2-c2c(OC)cccc2OC)n1. The van der Waals surface area contributed by atoms with Crippen LogP contribution in [0.5, 0.6) is 17.4 Å². The Morgan fingerprint density at radius 3 is 2.30 bits per heavy atom. The first-order chi connectivity index (χ1) is 17.8. The van der Waals surface area contributed by atoms with Crippen molar-refractivity contribution in [1.82, 2.24) is 24.5 Å². The third-order valence-corrected chi connectivity index (χ3v) is 6.71. The average molecular weight is 525 g/mol. The van der Waals surface area contributed by atoms with E-state index >= 15 is 0 Å². The van der Waals surface area contributed by atoms with Gasteiger partial charge in [0.05, 0.1) is 32.2 Å². The number of benzene rings is 1. The number of hydrogen-bond acceptors (Lipinski definition) is 9. The van der Waals surface area contributed by atoms with Gasteiger partial charge in [0.25, 0.3) is 0 Å². The van der Waals surface area contributed by atoms with Gasteiger partial charge in [0, 0.05) is 6.07 Å². The minimum atomic E-state index is -3.85. The van der Waals surface area contributed by atoms with Crippen LogP contribution in [0.15, 0.2) is 36.4 Å². The monoisotopic (exact) mass is 524 g/mol. The lowest BCUT2D eigenvalue weighted by molar-refractivity contribution is 0.327. The zero-order valence-corrected chi connectivity index (χ0v) is 21.7. The van der Waals surface area contributed by atoms with Crippen molar-refractivity contribution in [3.8, 4) is 34.6 Å². The van der Waals surface area contributed by atoms with E-state index in [1.165, 1.54) is 0 Å². The molecule has 3 heterocycles. The summed E-state index contributed by atoms with van der Waals surface area (Å²) in [6, 6.07) is 10.8. The maximum absolute atomic E-state index is 12.1. The molecule has 1 fully saturated rings. The second kappa shape index (κ2) is 9.94. The summed E-state index contributed by atoms with van der Waals surface area (Å²) >= 11 is 0. The maximum Gasteiger partial charge on any atom is 0.214 e. The van der Waals surface area contributed by atoms with Crippen molar-refractivity contribution < 1.29 is 22.6 Å². The minimum absolute atomic E-state index is 0.305. The Kier molecular flexibility index (Phi) is 6.69. The van der Waals surface area contributed by atoms with Crippen molar-refractivity contribution in [3.05, 3.63) is 47.8 Å². The molecule has 0 aliphatic heterocycles. The molecule has 0 spiro atoms. The summed E-state index contributed by atoms with van der Waals surface area (Å²) in [6.45, 7) is 2.34. The molecule has 1 aliphatic rings. The van der Waals surface area contributed by atoms with Crippen LogP contribution in [0.25, 0.3) is 28.5 Å². The number of para-hydroxylation sites is 1. The summed E-state index contributed by atoms with van der Waals surface area (Å²) in [5.74, 6) is 1.88. The number of pyridine rings is 1. The van der Waals surface area contributed by atoms with Crippen molar-refractivity contribution in [2.24, 2.45) is 11.1 Å². The fourth-order valence-corrected chi connectivity index (χ4v) is 4.84. The Bertz CT molecular complexity index is 1540. The van der Waals surface area contributed by atoms with Gasteiger partial charge in [-0.15, -0.1) is 0 Å². The molecule has 0 saturated heterocycles. The third-order valence-electron chi connectivity index (χ3n) is 6.04. The normalized spacial score (nSPS) is 13.6. The lowest BCUT2D eigenvalue weighted by Gasteiger charge is -2.16. The van der Waals surface area contributed by atoms with Crippen molar-refractivity contribution in [2.45, 2.75) is 31.9 Å². The summed E-state index contributed by atoms with van der Waals surface area (Å²) in [6.07, 6.45) is 2.76. The first kappa shape index (κ1) is 24.9. The second-order valence-electron chi connectivity index (χ2n) is 8.79. The number of aromatic nitrogens is 5. The molecule has 37 heavy (non-hydrogen) atoms. The van der Waals surface area contributed by atoms with E-state index in [4.69, 9.17) is 34.3 Å². The summed E-state index contributed by atoms with van der Waals surface area (Å²) < 4.78 is 42.9. The summed E-state index contributed by atoms with van der Waals surface area (Å²) in [5, 5.41) is 5.43. The van der Waals surface area contributed by atoms with E-state index in [0.717, 1.165) is 12.8 Å². The molecule has 1 aliphatic carbocycles. The zero-order valence-electron chi connectivity index (χ0n) is 20.8. The van der Waals surface area contributed by atoms with Crippen molar-refractivity contribution in [3.63, 3.8) is 0 Å². The van der Waals surface area contributed by atoms with E-state index in [1.54, 1.807) is 49.1 Å². The van der Waals surface area contributed by atoms with Crippen LogP contribution in [0, 0.1) is 5.92 Å². The van der Waals surface area contributed by atoms with Gasteiger partial charge in [-0.25, -0.2) is 33.5 Å². The second-order valence-corrected chi connectivity index (χ2v) is 10.4. The van der Waals surface area contributed by atoms with Crippen molar-refractivity contribution in [1.29, 1.82) is 0 Å². The number of hydrogen-bond donors (Lipinski definition) is 1. The van der Waals surface area contributed by atoms with E-state index in [-0.39, 0.29) is 0 Å². The number of rotatable bonds is 10. The van der Waals surface area contributed by atoms with Crippen LogP contribution in [-0.4, -0.2) is 53.7 Å². The molecule has 12 heteroatoms. The average Bonchev–Trinajstić information content (AvgIpc) is 3.62. The minimum Gasteiger partial charge on any atom is -0.494 e. The number of nitrogens with zero attached hydrogens (tertiary/aromatic N) is 5. The van der Waals surface area contributed by atoms with E-state index in [1.807, 2.05) is 13.0 Å². The van der Waals surface area contributed by atoms with Gasteiger partial charge in [-0.2, -0.15) is 0 Å². The number of primary sulfonamides is 1. The van der Waals surface area contributed by atoms with E-state index < -0.39 is 15.8 Å². The Morgan fingerprint density at radius 2 is 1.68 bits per heavy atom. The number of nitrogens with two attached hydrogens (primary N) is 1. The van der Waals surface area contributed by atoms with Crippen LogP contribution in [0.3, 0.4) is 0 Å². The predicted molar refractivity (Wildman–Crippen MR) is 137 cm³/mol. The van der Waals surface area contributed by atoms with Gasteiger partial charge >= 0.3 is 0 Å². The summed E-state index contributed by atoms with van der Waals surface area (Å²) in [4.78, 5) is 19.0. The molecule has 0 unspecified atom stereocenters. The maximum atomic E-state index is 12.1. The lowest BCUT2D eigenvalue weighted by Crippen LogP contribution is -2.18. The fourth-order valence-electron chi connectivity index (χ4n) is 4.23. The quantitative estimate of drug-likeness (QED) is 0.331. The molecule has 1 aromatic carbocycles. The number of ether oxygens (including phenoxy) is 3. The highest BCUT2D eigenvalue weighted by atomic mass is 32.2. The Labute approximate surface area is 214 Å². The lowest BCUT2D eigenvalue weighted by atomic mass is 10.2. The van der Waals surface area contributed by atoms with Gasteiger partial charge in [-0.3, -0.25) is 4.57 Å². The first-order valence-electron chi connectivity index (χ1n) is 11.9. The summed E-state index contributed by atoms with van der Waals surface area (Å²) in [5.41, 5.74) is 2.61. The van der Waals surface area contributed by atoms with Gasteiger partial charge in [0.1, 0.15) is 28.6 Å². The van der Waals surface area contributed by atoms with Crippen LogP contribution < -0.4 is 19.3 Å². The molecule has 11 nitrogen and oxygen atoms in total. The zero-order chi connectivity index (χ0) is 26.2. The molecule has 3 aromatic heterocycles. The van der Waals surface area contributed by atoms with Crippen LogP contribution in [-0.2, 0) is 22.2 Å². The highest BCUT2D eigenvalue weighted by Crippen LogP contribution is 2.39. The van der Waals surface area contributed by atoms with Gasteiger partial charge < -0.3 is 14.2 Å². The molecular formula is C25H28N6O5S. The van der Waals surface area contributed by atoms with Gasteiger partial charge in [0.15, 0.2) is 17.1 Å². The van der Waals surface area contributed by atoms with Crippen LogP contribution in [0.2, 0.25) is 0 Å². The standard InChI is InChI=1S/C25H28N6O5S/c1-4-36-21-10-5-7-16(27-21)24-30-23-25(31(24)22-19(34-2)8-6-9-20(22)35-3)29-18(14-37(26,32)33)17(28-23)13-15-11-12-15/h5-10,15H,4,11-14H2,1-3H3,(H2,26,32,33). The largest absolute Gasteiger partial charge is 0.494 e. The first-order valence-corrected chi connectivity index (χ1v) is 13.6. The van der Waals surface area contributed by atoms with Gasteiger partial charge in [0.2, 0.25) is 15.9 Å². The molecular weight excluding hydrogens is 496 g/mol. The predicted octanol–water partition coefficient (Wildman–Crippen LogP) is 3.03. The van der Waals surface area contributed by atoms with Crippen LogP contribution >= 0.6 is 0 Å². The highest BCUT2D eigenvalue weighted by molar-refractivity contribution is 7.88. The molecule has 194 valence electrons. The molecule has 0 bridgehead atoms. The molecule has 0 atom stereocenters. The Hall–Kier alpha value is -3.77. The molecule has 5 rings (SSSR count). The smallest absolute Gasteiger partial charge is 0.214 e. The van der Waals surface area contributed by atoms with Gasteiger partial charge in [-0.1, -0.05) is 12.1 Å². The Morgan fingerprint density at radius 1 is 0.973 bits per heavy atom. The van der Waals surface area contributed by atoms with E-state index in [2.05, 4.69) is 4.98 Å². The van der Waals surface area contributed by atoms with Crippen molar-refractivity contribution in [2.75, 3.05) is 20.8 Å². The third kappa shape index (κ3) is 5.20. The molecule has 2 N–H and O–H groups in total. The highest BCUT2D eigenvalue weighted by Gasteiger charge is 2.29. The molecule has 4 aromatic rings. The molecule has 0 amide bonds. The van der Waals surface area contributed by atoms with Crippen LogP contribution in [0.4, 0.5) is 0 Å². The molecule has 1 saturated carbocycles. The van der Waals surface area contributed by atoms with Crippen LogP contribution in [0.1, 0.15) is 31.2 Å². The number of sulfonamides is 1. The Balaban J connectivity index is 1.84.